The first-order valence-electron chi connectivity index (χ1n) is 28.1. The molecule has 0 aliphatic carbocycles. The fourth-order valence-corrected chi connectivity index (χ4v) is 9.55. The number of unbranched alkanes of at least 4 members (excludes halogenated alkanes) is 24. The van der Waals surface area contributed by atoms with Crippen LogP contribution in [0.15, 0.2) is 36.4 Å². The van der Waals surface area contributed by atoms with Crippen LogP contribution in [0.5, 0.6) is 0 Å². The first-order valence-corrected chi connectivity index (χ1v) is 28.1. The third kappa shape index (κ3) is 31.3. The lowest BCUT2D eigenvalue weighted by Gasteiger charge is -2.39. The fourth-order valence-electron chi connectivity index (χ4n) is 9.55. The molecule has 0 spiro atoms. The van der Waals surface area contributed by atoms with Crippen LogP contribution in [-0.2, 0) is 23.9 Å². The summed E-state index contributed by atoms with van der Waals surface area (Å²) in [6.45, 7) is 13.9. The molecule has 0 fully saturated rings. The molecule has 6 heteroatoms. The maximum Gasteiger partial charge on any atom is 0.308 e. The highest BCUT2D eigenvalue weighted by Gasteiger charge is 2.40. The van der Waals surface area contributed by atoms with Crippen LogP contribution in [0.2, 0.25) is 0 Å². The number of carbonyl (C=O) groups is 3. The number of ether oxygens (including phenoxy) is 2. The van der Waals surface area contributed by atoms with Gasteiger partial charge in [0.1, 0.15) is 19.0 Å². The Morgan fingerprint density at radius 3 is 1.31 bits per heavy atom. The number of Topliss-reactive ketones (excluding diaryl/α,β-unsaturated/α-hetero) is 1. The SMILES string of the molecule is CCCCCCCCCC(CCCCCCCCC)C(=O)OCCNC(CCC)(COC(=O)C(CCCCCCCCC)CCCCCCCCC)[C@@H](C)C(=O)C/C=C/c1ccccc1. The number of hydrogen-bond acceptors (Lipinski definition) is 6. The lowest BCUT2D eigenvalue weighted by molar-refractivity contribution is -0.154. The Balaban J connectivity index is 3.14. The molecule has 0 heterocycles. The van der Waals surface area contributed by atoms with Crippen molar-refractivity contribution in [1.82, 2.24) is 5.32 Å². The standard InChI is InChI=1S/C59H105NO5/c1-7-12-16-20-24-28-35-43-54(44-36-29-25-21-17-13-8-2)57(62)64-50-49-60-59(48-11-5,52(6)56(61)47-39-42-53-40-33-32-34-41-53)51-65-58(63)55(45-37-30-26-22-18-14-9-3)46-38-31-27-23-19-15-10-4/h32-34,39-42,52,54-55,60H,7-31,35-38,43-51H2,1-6H3/b42-39+/t52-,59?/m0/s1. The van der Waals surface area contributed by atoms with Crippen LogP contribution < -0.4 is 5.32 Å². The number of ketones is 1. The summed E-state index contributed by atoms with van der Waals surface area (Å²) in [4.78, 5) is 42.0. The Morgan fingerprint density at radius 2 is 0.908 bits per heavy atom. The summed E-state index contributed by atoms with van der Waals surface area (Å²) in [5, 5.41) is 3.72. The van der Waals surface area contributed by atoms with Crippen LogP contribution in [0, 0.1) is 17.8 Å². The first kappa shape index (κ1) is 60.5. The van der Waals surface area contributed by atoms with E-state index in [1.807, 2.05) is 49.4 Å². The lowest BCUT2D eigenvalue weighted by atomic mass is 9.78. The number of carbonyl (C=O) groups excluding carboxylic acids is 3. The minimum absolute atomic E-state index is 0.0656. The topological polar surface area (TPSA) is 81.7 Å². The molecular weight excluding hydrogens is 803 g/mol. The van der Waals surface area contributed by atoms with Gasteiger partial charge in [0.25, 0.3) is 0 Å². The third-order valence-electron chi connectivity index (χ3n) is 14.0. The van der Waals surface area contributed by atoms with E-state index in [1.54, 1.807) is 0 Å². The molecule has 1 aromatic rings. The molecule has 1 N–H and O–H groups in total. The zero-order valence-electron chi connectivity index (χ0n) is 43.7. The van der Waals surface area contributed by atoms with Gasteiger partial charge >= 0.3 is 11.9 Å². The molecule has 65 heavy (non-hydrogen) atoms. The average Bonchev–Trinajstić information content (AvgIpc) is 3.31. The smallest absolute Gasteiger partial charge is 0.308 e. The van der Waals surface area contributed by atoms with Crippen LogP contribution in [0.4, 0.5) is 0 Å². The molecule has 0 amide bonds. The Bertz CT molecular complexity index is 1240. The van der Waals surface area contributed by atoms with Gasteiger partial charge < -0.3 is 14.8 Å². The minimum atomic E-state index is -0.771. The van der Waals surface area contributed by atoms with Crippen molar-refractivity contribution in [2.45, 2.75) is 272 Å². The lowest BCUT2D eigenvalue weighted by Crippen LogP contribution is -2.57. The van der Waals surface area contributed by atoms with Crippen molar-refractivity contribution in [2.24, 2.45) is 17.8 Å². The minimum Gasteiger partial charge on any atom is -0.464 e. The van der Waals surface area contributed by atoms with Crippen molar-refractivity contribution in [2.75, 3.05) is 19.8 Å². The Labute approximate surface area is 402 Å². The number of rotatable bonds is 47. The number of hydrogen-bond donors (Lipinski definition) is 1. The van der Waals surface area contributed by atoms with E-state index < -0.39 is 11.5 Å². The molecule has 0 aliphatic heterocycles. The van der Waals surface area contributed by atoms with Crippen molar-refractivity contribution in [3.05, 3.63) is 42.0 Å². The van der Waals surface area contributed by atoms with Crippen LogP contribution in [-0.4, -0.2) is 43.0 Å². The Hall–Kier alpha value is -2.47. The molecule has 1 aromatic carbocycles. The number of allylic oxidation sites excluding steroid dienone is 1. The normalized spacial score (nSPS) is 13.2. The molecule has 0 bridgehead atoms. The molecule has 1 rings (SSSR count). The largest absolute Gasteiger partial charge is 0.464 e. The molecule has 376 valence electrons. The van der Waals surface area contributed by atoms with Gasteiger partial charge in [0, 0.05) is 18.9 Å². The molecule has 0 radical (unpaired) electrons. The number of esters is 2. The molecule has 0 saturated carbocycles. The first-order chi connectivity index (χ1) is 31.8. The van der Waals surface area contributed by atoms with Gasteiger partial charge in [-0.05, 0) is 37.7 Å². The van der Waals surface area contributed by atoms with Gasteiger partial charge in [0.2, 0.25) is 0 Å². The second-order valence-electron chi connectivity index (χ2n) is 19.8. The summed E-state index contributed by atoms with van der Waals surface area (Å²) >= 11 is 0. The highest BCUT2D eigenvalue weighted by Crippen LogP contribution is 2.29. The molecule has 1 unspecified atom stereocenters. The van der Waals surface area contributed by atoms with E-state index in [4.69, 9.17) is 9.47 Å². The second-order valence-corrected chi connectivity index (χ2v) is 19.8. The van der Waals surface area contributed by atoms with Crippen molar-refractivity contribution in [3.8, 4) is 0 Å². The zero-order chi connectivity index (χ0) is 47.5. The molecule has 2 atom stereocenters. The maximum absolute atomic E-state index is 14.2. The van der Waals surface area contributed by atoms with E-state index in [9.17, 15) is 14.4 Å². The van der Waals surface area contributed by atoms with E-state index in [-0.39, 0.29) is 42.8 Å². The molecule has 0 aliphatic rings. The average molecular weight is 908 g/mol. The van der Waals surface area contributed by atoms with E-state index in [0.29, 0.717) is 19.4 Å². The fraction of sp³-hybridized carbons (Fsp3) is 0.814. The summed E-state index contributed by atoms with van der Waals surface area (Å²) < 4.78 is 12.5. The predicted octanol–water partition coefficient (Wildman–Crippen LogP) is 17.3. The van der Waals surface area contributed by atoms with Gasteiger partial charge in [-0.2, -0.15) is 0 Å². The molecule has 0 aromatic heterocycles. The number of benzene rings is 1. The summed E-state index contributed by atoms with van der Waals surface area (Å²) in [5.41, 5.74) is 0.291. The van der Waals surface area contributed by atoms with Crippen LogP contribution in [0.3, 0.4) is 0 Å². The predicted molar refractivity (Wildman–Crippen MR) is 279 cm³/mol. The molecular formula is C59H105NO5. The second kappa shape index (κ2) is 42.9. The highest BCUT2D eigenvalue weighted by atomic mass is 16.5. The van der Waals surface area contributed by atoms with Gasteiger partial charge in [0.05, 0.1) is 17.4 Å². The van der Waals surface area contributed by atoms with Crippen LogP contribution >= 0.6 is 0 Å². The summed E-state index contributed by atoms with van der Waals surface area (Å²) in [7, 11) is 0. The number of nitrogens with one attached hydrogen (secondary N) is 1. The zero-order valence-corrected chi connectivity index (χ0v) is 43.7. The van der Waals surface area contributed by atoms with E-state index in [2.05, 4.69) is 39.9 Å². The summed E-state index contributed by atoms with van der Waals surface area (Å²) in [6, 6.07) is 10.1. The van der Waals surface area contributed by atoms with Gasteiger partial charge in [0.15, 0.2) is 0 Å². The van der Waals surface area contributed by atoms with Gasteiger partial charge in [-0.15, -0.1) is 0 Å². The summed E-state index contributed by atoms with van der Waals surface area (Å²) in [5.74, 6) is -0.685. The van der Waals surface area contributed by atoms with Crippen molar-refractivity contribution >= 4 is 23.8 Å². The monoisotopic (exact) mass is 908 g/mol. The Morgan fingerprint density at radius 1 is 0.523 bits per heavy atom. The van der Waals surface area contributed by atoms with Crippen molar-refractivity contribution in [1.29, 1.82) is 0 Å². The van der Waals surface area contributed by atoms with Crippen LogP contribution in [0.25, 0.3) is 6.08 Å². The van der Waals surface area contributed by atoms with Gasteiger partial charge in [-0.1, -0.05) is 270 Å². The van der Waals surface area contributed by atoms with Crippen LogP contribution in [0.1, 0.15) is 272 Å². The highest BCUT2D eigenvalue weighted by molar-refractivity contribution is 5.84. The molecule has 0 saturated heterocycles. The van der Waals surface area contributed by atoms with E-state index in [1.165, 1.54) is 141 Å². The van der Waals surface area contributed by atoms with Gasteiger partial charge in [-0.25, -0.2) is 0 Å². The molecule has 6 nitrogen and oxygen atoms in total. The van der Waals surface area contributed by atoms with E-state index >= 15 is 0 Å². The van der Waals surface area contributed by atoms with Crippen molar-refractivity contribution in [3.63, 3.8) is 0 Å². The van der Waals surface area contributed by atoms with Gasteiger partial charge in [-0.3, -0.25) is 14.4 Å². The van der Waals surface area contributed by atoms with Crippen molar-refractivity contribution < 1.29 is 23.9 Å². The summed E-state index contributed by atoms with van der Waals surface area (Å²) in [6.07, 6.45) is 43.6. The third-order valence-corrected chi connectivity index (χ3v) is 14.0. The maximum atomic E-state index is 14.2. The Kier molecular flexibility index (Phi) is 39.9. The quantitative estimate of drug-likeness (QED) is 0.0518. The van der Waals surface area contributed by atoms with E-state index in [0.717, 1.165) is 76.2 Å².